The molecule has 1 fully saturated rings. The molecule has 7 heteroatoms. The number of hydrogen-bond donors (Lipinski definition) is 2. The van der Waals surface area contributed by atoms with Gasteiger partial charge >= 0.3 is 6.01 Å². The molecular weight excluding hydrogens is 238 g/mol. The summed E-state index contributed by atoms with van der Waals surface area (Å²) >= 11 is 1.93. The normalized spacial score (nSPS) is 19.2. The van der Waals surface area contributed by atoms with Crippen LogP contribution in [0.5, 0.6) is 6.01 Å². The zero-order chi connectivity index (χ0) is 12.1. The molecular formula is C10H17N5OS. The summed E-state index contributed by atoms with van der Waals surface area (Å²) in [5.41, 5.74) is 5.62. The Morgan fingerprint density at radius 1 is 1.47 bits per heavy atom. The van der Waals surface area contributed by atoms with Crippen molar-refractivity contribution in [2.75, 3.05) is 29.2 Å². The van der Waals surface area contributed by atoms with E-state index in [9.17, 15) is 0 Å². The fourth-order valence-electron chi connectivity index (χ4n) is 1.53. The van der Waals surface area contributed by atoms with Crippen LogP contribution >= 0.6 is 11.8 Å². The minimum absolute atomic E-state index is 0.194. The lowest BCUT2D eigenvalue weighted by Crippen LogP contribution is -2.20. The zero-order valence-corrected chi connectivity index (χ0v) is 10.7. The average molecular weight is 255 g/mol. The number of nitrogen functional groups attached to an aromatic ring is 1. The van der Waals surface area contributed by atoms with Gasteiger partial charge < -0.3 is 15.8 Å². The smallest absolute Gasteiger partial charge is 0.323 e. The van der Waals surface area contributed by atoms with Crippen LogP contribution in [0.4, 0.5) is 11.9 Å². The molecule has 1 unspecified atom stereocenters. The molecule has 0 amide bonds. The topological polar surface area (TPSA) is 86.0 Å². The quantitative estimate of drug-likeness (QED) is 0.816. The van der Waals surface area contributed by atoms with Crippen LogP contribution in [0.3, 0.4) is 0 Å². The summed E-state index contributed by atoms with van der Waals surface area (Å²) in [4.78, 5) is 12.2. The molecule has 0 aromatic carbocycles. The summed E-state index contributed by atoms with van der Waals surface area (Å²) in [6.45, 7) is 2.61. The first-order valence-electron chi connectivity index (χ1n) is 5.76. The van der Waals surface area contributed by atoms with E-state index in [2.05, 4.69) is 20.3 Å². The summed E-state index contributed by atoms with van der Waals surface area (Å²) in [7, 11) is 0. The maximum absolute atomic E-state index is 5.62. The van der Waals surface area contributed by atoms with E-state index in [1.807, 2.05) is 18.7 Å². The molecule has 1 aromatic rings. The molecule has 0 saturated carbocycles. The monoisotopic (exact) mass is 255 g/mol. The molecule has 2 rings (SSSR count). The summed E-state index contributed by atoms with van der Waals surface area (Å²) in [6.07, 6.45) is 2.04. The Morgan fingerprint density at radius 3 is 3.06 bits per heavy atom. The second-order valence-corrected chi connectivity index (χ2v) is 5.00. The van der Waals surface area contributed by atoms with Crippen LogP contribution < -0.4 is 15.8 Å². The van der Waals surface area contributed by atoms with E-state index < -0.39 is 0 Å². The number of nitrogens with zero attached hydrogens (tertiary/aromatic N) is 3. The Hall–Kier alpha value is -1.24. The lowest BCUT2D eigenvalue weighted by atomic mass is 10.3. The second kappa shape index (κ2) is 5.90. The molecule has 1 atom stereocenters. The molecule has 0 bridgehead atoms. The van der Waals surface area contributed by atoms with Crippen molar-refractivity contribution in [1.82, 2.24) is 15.0 Å². The number of nitrogens with one attached hydrogen (secondary N) is 1. The molecule has 0 radical (unpaired) electrons. The number of ether oxygens (including phenoxy) is 1. The minimum Gasteiger partial charge on any atom is -0.463 e. The van der Waals surface area contributed by atoms with E-state index in [1.54, 1.807) is 0 Å². The van der Waals surface area contributed by atoms with Crippen molar-refractivity contribution in [1.29, 1.82) is 0 Å². The third kappa shape index (κ3) is 3.62. The first-order valence-corrected chi connectivity index (χ1v) is 6.92. The predicted octanol–water partition coefficient (Wildman–Crippen LogP) is 1.16. The molecule has 1 aromatic heterocycles. The van der Waals surface area contributed by atoms with Crippen molar-refractivity contribution in [3.63, 3.8) is 0 Å². The van der Waals surface area contributed by atoms with Crippen molar-refractivity contribution < 1.29 is 4.74 Å². The highest BCUT2D eigenvalue weighted by Gasteiger charge is 2.17. The Bertz CT molecular complexity index is 370. The molecule has 2 heterocycles. The summed E-state index contributed by atoms with van der Waals surface area (Å²) in [5.74, 6) is 2.96. The Labute approximate surface area is 105 Å². The van der Waals surface area contributed by atoms with Crippen LogP contribution in [0.1, 0.15) is 19.8 Å². The molecule has 0 aliphatic carbocycles. The van der Waals surface area contributed by atoms with Gasteiger partial charge in [-0.2, -0.15) is 26.7 Å². The number of aromatic nitrogens is 3. The van der Waals surface area contributed by atoms with Gasteiger partial charge in [-0.3, -0.25) is 0 Å². The van der Waals surface area contributed by atoms with Crippen molar-refractivity contribution in [3.8, 4) is 6.01 Å². The highest BCUT2D eigenvalue weighted by atomic mass is 32.2. The summed E-state index contributed by atoms with van der Waals surface area (Å²) in [6, 6.07) is 0.716. The molecule has 1 aliphatic rings. The summed E-state index contributed by atoms with van der Waals surface area (Å²) < 4.78 is 5.35. The van der Waals surface area contributed by atoms with Crippen LogP contribution in [0.25, 0.3) is 0 Å². The standard InChI is InChI=1S/C10H17N5OS/c1-2-4-16-10-14-8(11)13-9(15-10)12-7-3-5-17-6-7/h7H,2-6H2,1H3,(H3,11,12,13,14,15). The highest BCUT2D eigenvalue weighted by Crippen LogP contribution is 2.20. The number of rotatable bonds is 5. The zero-order valence-electron chi connectivity index (χ0n) is 9.85. The Balaban J connectivity index is 2.02. The van der Waals surface area contributed by atoms with Crippen LogP contribution in [0.15, 0.2) is 0 Å². The lowest BCUT2D eigenvalue weighted by Gasteiger charge is -2.11. The maximum Gasteiger partial charge on any atom is 0.323 e. The van der Waals surface area contributed by atoms with E-state index in [0.29, 0.717) is 24.6 Å². The molecule has 17 heavy (non-hydrogen) atoms. The van der Waals surface area contributed by atoms with Crippen molar-refractivity contribution in [2.45, 2.75) is 25.8 Å². The van der Waals surface area contributed by atoms with Crippen molar-refractivity contribution >= 4 is 23.7 Å². The number of anilines is 2. The molecule has 6 nitrogen and oxygen atoms in total. The highest BCUT2D eigenvalue weighted by molar-refractivity contribution is 7.99. The summed E-state index contributed by atoms with van der Waals surface area (Å²) in [5, 5.41) is 3.26. The van der Waals surface area contributed by atoms with Gasteiger partial charge in [-0.1, -0.05) is 6.92 Å². The fraction of sp³-hybridized carbons (Fsp3) is 0.700. The van der Waals surface area contributed by atoms with Gasteiger partial charge in [0.15, 0.2) is 0 Å². The third-order valence-electron chi connectivity index (χ3n) is 2.33. The fourth-order valence-corrected chi connectivity index (χ4v) is 2.68. The van der Waals surface area contributed by atoms with E-state index in [1.165, 1.54) is 5.75 Å². The number of nitrogens with two attached hydrogens (primary N) is 1. The molecule has 94 valence electrons. The van der Waals surface area contributed by atoms with Gasteiger partial charge in [-0.15, -0.1) is 0 Å². The van der Waals surface area contributed by atoms with E-state index in [0.717, 1.165) is 18.6 Å². The second-order valence-electron chi connectivity index (χ2n) is 3.85. The van der Waals surface area contributed by atoms with Gasteiger partial charge in [0.05, 0.1) is 6.61 Å². The first-order chi connectivity index (χ1) is 8.28. The van der Waals surface area contributed by atoms with Gasteiger partial charge in [-0.25, -0.2) is 0 Å². The van der Waals surface area contributed by atoms with Crippen LogP contribution in [-0.4, -0.2) is 39.1 Å². The molecule has 1 aliphatic heterocycles. The Morgan fingerprint density at radius 2 is 2.35 bits per heavy atom. The number of thioether (sulfide) groups is 1. The van der Waals surface area contributed by atoms with Crippen molar-refractivity contribution in [2.24, 2.45) is 0 Å². The third-order valence-corrected chi connectivity index (χ3v) is 3.49. The average Bonchev–Trinajstić information content (AvgIpc) is 2.78. The molecule has 1 saturated heterocycles. The number of hydrogen-bond acceptors (Lipinski definition) is 7. The lowest BCUT2D eigenvalue weighted by molar-refractivity contribution is 0.292. The van der Waals surface area contributed by atoms with Gasteiger partial charge in [0, 0.05) is 11.8 Å². The van der Waals surface area contributed by atoms with E-state index in [4.69, 9.17) is 10.5 Å². The Kier molecular flexibility index (Phi) is 4.24. The first kappa shape index (κ1) is 12.2. The van der Waals surface area contributed by atoms with Gasteiger partial charge in [0.25, 0.3) is 0 Å². The van der Waals surface area contributed by atoms with Gasteiger partial charge in [-0.05, 0) is 18.6 Å². The maximum atomic E-state index is 5.62. The van der Waals surface area contributed by atoms with Crippen LogP contribution in [0.2, 0.25) is 0 Å². The largest absolute Gasteiger partial charge is 0.463 e. The van der Waals surface area contributed by atoms with E-state index in [-0.39, 0.29) is 5.95 Å². The van der Waals surface area contributed by atoms with Crippen LogP contribution in [0, 0.1) is 0 Å². The van der Waals surface area contributed by atoms with E-state index >= 15 is 0 Å². The van der Waals surface area contributed by atoms with Gasteiger partial charge in [0.1, 0.15) is 0 Å². The van der Waals surface area contributed by atoms with Crippen molar-refractivity contribution in [3.05, 3.63) is 0 Å². The molecule has 3 N–H and O–H groups in total. The minimum atomic E-state index is 0.194. The SMILES string of the molecule is CCCOc1nc(N)nc(NC2CCSC2)n1. The van der Waals surface area contributed by atoms with Gasteiger partial charge in [0.2, 0.25) is 11.9 Å². The van der Waals surface area contributed by atoms with Crippen LogP contribution in [-0.2, 0) is 0 Å². The predicted molar refractivity (Wildman–Crippen MR) is 69.4 cm³/mol. The molecule has 0 spiro atoms.